The van der Waals surface area contributed by atoms with Gasteiger partial charge in [-0.3, -0.25) is 4.79 Å². The van der Waals surface area contributed by atoms with E-state index in [2.05, 4.69) is 29.1 Å². The summed E-state index contributed by atoms with van der Waals surface area (Å²) in [5, 5.41) is 3.01. The zero-order valence-corrected chi connectivity index (χ0v) is 11.2. The molecule has 0 saturated heterocycles. The molecule has 96 valence electrons. The van der Waals surface area contributed by atoms with Crippen LogP contribution in [0.25, 0.3) is 0 Å². The standard InChI is InChI=1S/C7H9ClN4O.C4H10/c1-4(13)3-10-6-2-5(8)11-7(9)12-6;1-3-4-2/h2H,3H2,1H3,(H3,9,10,11,12);3-4H2,1-2H3. The maximum Gasteiger partial charge on any atom is 0.223 e. The summed E-state index contributed by atoms with van der Waals surface area (Å²) in [6.45, 7) is 6.03. The molecular formula is C11H19ClN4O. The second-order valence-corrected chi connectivity index (χ2v) is 3.88. The number of unbranched alkanes of at least 4 members (excludes halogenated alkanes) is 1. The van der Waals surface area contributed by atoms with E-state index in [1.807, 2.05) is 0 Å². The molecule has 0 saturated carbocycles. The van der Waals surface area contributed by atoms with E-state index >= 15 is 0 Å². The van der Waals surface area contributed by atoms with Crippen LogP contribution in [0.3, 0.4) is 0 Å². The molecule has 0 aromatic carbocycles. The lowest BCUT2D eigenvalue weighted by molar-refractivity contribution is -0.115. The Hall–Kier alpha value is -1.36. The molecule has 3 N–H and O–H groups in total. The molecule has 1 aromatic rings. The SMILES string of the molecule is CC(=O)CNc1cc(Cl)nc(N)n1.CCCC. The van der Waals surface area contributed by atoms with Gasteiger partial charge in [-0.1, -0.05) is 38.3 Å². The first-order chi connectivity index (χ1) is 7.99. The van der Waals surface area contributed by atoms with Crippen molar-refractivity contribution >= 4 is 29.2 Å². The Morgan fingerprint density at radius 3 is 2.41 bits per heavy atom. The molecule has 0 amide bonds. The van der Waals surface area contributed by atoms with Gasteiger partial charge in [0.2, 0.25) is 5.95 Å². The van der Waals surface area contributed by atoms with Crippen LogP contribution < -0.4 is 11.1 Å². The Bertz CT molecular complexity index is 335. The van der Waals surface area contributed by atoms with Crippen LogP contribution in [0.15, 0.2) is 6.07 Å². The average Bonchev–Trinajstić information content (AvgIpc) is 2.25. The van der Waals surface area contributed by atoms with Gasteiger partial charge in [-0.15, -0.1) is 0 Å². The minimum atomic E-state index is 0.00769. The van der Waals surface area contributed by atoms with Crippen molar-refractivity contribution in [2.45, 2.75) is 33.6 Å². The molecule has 0 spiro atoms. The summed E-state index contributed by atoms with van der Waals surface area (Å²) in [6.07, 6.45) is 2.64. The highest BCUT2D eigenvalue weighted by Crippen LogP contribution is 2.11. The average molecular weight is 259 g/mol. The number of nitrogens with zero attached hydrogens (tertiary/aromatic N) is 2. The summed E-state index contributed by atoms with van der Waals surface area (Å²) in [5.74, 6) is 0.541. The first-order valence-electron chi connectivity index (χ1n) is 5.52. The molecule has 0 fully saturated rings. The Balaban J connectivity index is 0.000000557. The van der Waals surface area contributed by atoms with Crippen LogP contribution in [-0.2, 0) is 4.79 Å². The molecular weight excluding hydrogens is 240 g/mol. The van der Waals surface area contributed by atoms with E-state index in [9.17, 15) is 4.79 Å². The van der Waals surface area contributed by atoms with Gasteiger partial charge in [0, 0.05) is 6.07 Å². The maximum absolute atomic E-state index is 10.6. The highest BCUT2D eigenvalue weighted by molar-refractivity contribution is 6.29. The normalized spacial score (nSPS) is 9.18. The highest BCUT2D eigenvalue weighted by atomic mass is 35.5. The molecule has 0 atom stereocenters. The van der Waals surface area contributed by atoms with E-state index in [0.717, 1.165) is 0 Å². The zero-order valence-electron chi connectivity index (χ0n) is 10.5. The van der Waals surface area contributed by atoms with E-state index in [0.29, 0.717) is 5.82 Å². The monoisotopic (exact) mass is 258 g/mol. The lowest BCUT2D eigenvalue weighted by Gasteiger charge is -2.03. The number of halogens is 1. The first-order valence-corrected chi connectivity index (χ1v) is 5.90. The third kappa shape index (κ3) is 8.45. The van der Waals surface area contributed by atoms with Crippen LogP contribution in [-0.4, -0.2) is 22.3 Å². The largest absolute Gasteiger partial charge is 0.368 e. The van der Waals surface area contributed by atoms with E-state index in [4.69, 9.17) is 17.3 Å². The van der Waals surface area contributed by atoms with Crippen LogP contribution in [0, 0.1) is 0 Å². The molecule has 0 aliphatic carbocycles. The van der Waals surface area contributed by atoms with Crippen LogP contribution in [0.2, 0.25) is 5.15 Å². The van der Waals surface area contributed by atoms with Gasteiger partial charge in [0.25, 0.3) is 0 Å². The second kappa shape index (κ2) is 8.75. The van der Waals surface area contributed by atoms with Crippen LogP contribution >= 0.6 is 11.6 Å². The minimum Gasteiger partial charge on any atom is -0.368 e. The van der Waals surface area contributed by atoms with Gasteiger partial charge < -0.3 is 11.1 Å². The number of anilines is 2. The van der Waals surface area contributed by atoms with Gasteiger partial charge in [-0.05, 0) is 6.92 Å². The van der Waals surface area contributed by atoms with Crippen LogP contribution in [0.5, 0.6) is 0 Å². The Morgan fingerprint density at radius 2 is 2.00 bits per heavy atom. The quantitative estimate of drug-likeness (QED) is 0.811. The number of hydrogen-bond donors (Lipinski definition) is 2. The molecule has 0 unspecified atom stereocenters. The molecule has 6 heteroatoms. The molecule has 1 aromatic heterocycles. The topological polar surface area (TPSA) is 80.9 Å². The fourth-order valence-corrected chi connectivity index (χ4v) is 0.931. The number of aromatic nitrogens is 2. The second-order valence-electron chi connectivity index (χ2n) is 3.49. The van der Waals surface area contributed by atoms with Crippen LogP contribution in [0.4, 0.5) is 11.8 Å². The smallest absolute Gasteiger partial charge is 0.223 e. The molecule has 5 nitrogen and oxygen atoms in total. The van der Waals surface area contributed by atoms with Crippen molar-refractivity contribution < 1.29 is 4.79 Å². The van der Waals surface area contributed by atoms with Crippen molar-refractivity contribution in [2.75, 3.05) is 17.6 Å². The number of carbonyl (C=O) groups is 1. The molecule has 0 bridgehead atoms. The minimum absolute atomic E-state index is 0.00769. The van der Waals surface area contributed by atoms with Gasteiger partial charge in [-0.2, -0.15) is 4.98 Å². The maximum atomic E-state index is 10.6. The summed E-state index contributed by atoms with van der Waals surface area (Å²) in [5.41, 5.74) is 5.33. The third-order valence-corrected chi connectivity index (χ3v) is 1.92. The summed E-state index contributed by atoms with van der Waals surface area (Å²) < 4.78 is 0. The van der Waals surface area contributed by atoms with Crippen molar-refractivity contribution in [2.24, 2.45) is 0 Å². The summed E-state index contributed by atoms with van der Waals surface area (Å²) in [6, 6.07) is 1.50. The van der Waals surface area contributed by atoms with Crippen LogP contribution in [0.1, 0.15) is 33.6 Å². The fourth-order valence-electron chi connectivity index (χ4n) is 0.741. The molecule has 0 aliphatic heterocycles. The van der Waals surface area contributed by atoms with Crippen molar-refractivity contribution in [3.63, 3.8) is 0 Å². The number of carbonyl (C=O) groups excluding carboxylic acids is 1. The fraction of sp³-hybridized carbons (Fsp3) is 0.545. The number of rotatable bonds is 4. The molecule has 1 heterocycles. The summed E-state index contributed by atoms with van der Waals surface area (Å²) in [7, 11) is 0. The number of hydrogen-bond acceptors (Lipinski definition) is 5. The van der Waals surface area contributed by atoms with E-state index in [1.54, 1.807) is 0 Å². The number of Topliss-reactive ketones (excluding diaryl/α,β-unsaturated/α-hetero) is 1. The predicted octanol–water partition coefficient (Wildman–Crippen LogP) is 2.52. The van der Waals surface area contributed by atoms with Crippen molar-refractivity contribution in [1.29, 1.82) is 0 Å². The molecule has 0 aliphatic rings. The number of nitrogens with one attached hydrogen (secondary N) is 1. The van der Waals surface area contributed by atoms with Gasteiger partial charge >= 0.3 is 0 Å². The summed E-state index contributed by atoms with van der Waals surface area (Å²) in [4.78, 5) is 18.1. The highest BCUT2D eigenvalue weighted by Gasteiger charge is 2.00. The lowest BCUT2D eigenvalue weighted by Crippen LogP contribution is -2.11. The van der Waals surface area contributed by atoms with Crippen molar-refractivity contribution in [3.05, 3.63) is 11.2 Å². The predicted molar refractivity (Wildman–Crippen MR) is 71.2 cm³/mol. The molecule has 0 radical (unpaired) electrons. The molecule has 1 rings (SSSR count). The zero-order chi connectivity index (χ0) is 13.3. The van der Waals surface area contributed by atoms with Gasteiger partial charge in [0.1, 0.15) is 16.8 Å². The van der Waals surface area contributed by atoms with Gasteiger partial charge in [0.05, 0.1) is 6.54 Å². The van der Waals surface area contributed by atoms with Gasteiger partial charge in [0.15, 0.2) is 0 Å². The Kier molecular flexibility index (Phi) is 8.05. The van der Waals surface area contributed by atoms with E-state index < -0.39 is 0 Å². The number of nitrogen functional groups attached to an aromatic ring is 1. The third-order valence-electron chi connectivity index (χ3n) is 1.73. The van der Waals surface area contributed by atoms with Crippen molar-refractivity contribution in [3.8, 4) is 0 Å². The summed E-state index contributed by atoms with van der Waals surface area (Å²) >= 11 is 5.61. The Morgan fingerprint density at radius 1 is 1.41 bits per heavy atom. The molecule has 17 heavy (non-hydrogen) atoms. The number of nitrogens with two attached hydrogens (primary N) is 1. The number of ketones is 1. The Labute approximate surface area is 107 Å². The van der Waals surface area contributed by atoms with E-state index in [-0.39, 0.29) is 23.4 Å². The van der Waals surface area contributed by atoms with Crippen molar-refractivity contribution in [1.82, 2.24) is 9.97 Å². The van der Waals surface area contributed by atoms with Gasteiger partial charge in [-0.25, -0.2) is 4.98 Å². The first kappa shape index (κ1) is 15.6. The lowest BCUT2D eigenvalue weighted by atomic mass is 10.4. The van der Waals surface area contributed by atoms with E-state index in [1.165, 1.54) is 25.8 Å².